The standard InChI is InChI=1S/C24H29Cl4N3O4S/c1-5-15(3)29-24(33)21(6-2)30(13-16-9-7-8-10-17(16)25)23(32)14-31(36(4,34)35)22-12-19(27)18(26)11-20(22)28/h7-12,15,21H,5-6,13-14H2,1-4H3,(H,29,33)/t15-,21-/m1/s1. The van der Waals surface area contributed by atoms with Crippen LogP contribution >= 0.6 is 46.4 Å². The molecular formula is C24H29Cl4N3O4S. The molecule has 36 heavy (non-hydrogen) atoms. The number of halogens is 4. The predicted octanol–water partition coefficient (Wildman–Crippen LogP) is 5.79. The van der Waals surface area contributed by atoms with Gasteiger partial charge in [-0.25, -0.2) is 8.42 Å². The van der Waals surface area contributed by atoms with Gasteiger partial charge in [0, 0.05) is 17.6 Å². The van der Waals surface area contributed by atoms with Gasteiger partial charge < -0.3 is 10.2 Å². The van der Waals surface area contributed by atoms with E-state index in [4.69, 9.17) is 46.4 Å². The van der Waals surface area contributed by atoms with E-state index in [0.29, 0.717) is 23.4 Å². The van der Waals surface area contributed by atoms with Crippen LogP contribution in [0.2, 0.25) is 20.1 Å². The first-order valence-corrected chi connectivity index (χ1v) is 14.6. The van der Waals surface area contributed by atoms with E-state index in [1.165, 1.54) is 17.0 Å². The van der Waals surface area contributed by atoms with Crippen LogP contribution < -0.4 is 9.62 Å². The molecule has 0 unspecified atom stereocenters. The lowest BCUT2D eigenvalue weighted by Gasteiger charge is -2.33. The van der Waals surface area contributed by atoms with Crippen molar-refractivity contribution in [3.8, 4) is 0 Å². The SMILES string of the molecule is CC[C@@H](C)NC(=O)[C@@H](CC)N(Cc1ccccc1Cl)C(=O)CN(c1cc(Cl)c(Cl)cc1Cl)S(C)(=O)=O. The summed E-state index contributed by atoms with van der Waals surface area (Å²) in [5.41, 5.74) is 0.609. The summed E-state index contributed by atoms with van der Waals surface area (Å²) in [5.74, 6) is -0.959. The maximum Gasteiger partial charge on any atom is 0.244 e. The van der Waals surface area contributed by atoms with E-state index in [2.05, 4.69) is 5.32 Å². The zero-order valence-electron chi connectivity index (χ0n) is 20.4. The van der Waals surface area contributed by atoms with Gasteiger partial charge in [-0.15, -0.1) is 0 Å². The van der Waals surface area contributed by atoms with E-state index in [1.807, 2.05) is 13.8 Å². The number of rotatable bonds is 11. The monoisotopic (exact) mass is 595 g/mol. The van der Waals surface area contributed by atoms with E-state index in [0.717, 1.165) is 10.6 Å². The van der Waals surface area contributed by atoms with Crippen molar-refractivity contribution in [2.45, 2.75) is 52.2 Å². The van der Waals surface area contributed by atoms with Gasteiger partial charge in [0.15, 0.2) is 0 Å². The Bertz CT molecular complexity index is 1210. The fraction of sp³-hybridized carbons (Fsp3) is 0.417. The van der Waals surface area contributed by atoms with Crippen LogP contribution in [0.15, 0.2) is 36.4 Å². The number of amides is 2. The Balaban J connectivity index is 2.52. The van der Waals surface area contributed by atoms with Crippen LogP contribution in [0.5, 0.6) is 0 Å². The van der Waals surface area contributed by atoms with Gasteiger partial charge in [-0.2, -0.15) is 0 Å². The molecule has 12 heteroatoms. The van der Waals surface area contributed by atoms with E-state index < -0.39 is 28.5 Å². The summed E-state index contributed by atoms with van der Waals surface area (Å²) in [4.78, 5) is 28.2. The molecule has 2 atom stereocenters. The van der Waals surface area contributed by atoms with E-state index in [-0.39, 0.29) is 39.2 Å². The Morgan fingerprint density at radius 3 is 2.11 bits per heavy atom. The molecule has 2 aromatic carbocycles. The molecule has 0 aliphatic carbocycles. The molecule has 198 valence electrons. The average Bonchev–Trinajstić information content (AvgIpc) is 2.80. The fourth-order valence-electron chi connectivity index (χ4n) is 3.47. The molecule has 0 aliphatic rings. The number of hydrogen-bond acceptors (Lipinski definition) is 4. The van der Waals surface area contributed by atoms with E-state index in [1.54, 1.807) is 31.2 Å². The van der Waals surface area contributed by atoms with Crippen LogP contribution in [0.1, 0.15) is 39.2 Å². The van der Waals surface area contributed by atoms with Crippen molar-refractivity contribution in [1.29, 1.82) is 0 Å². The highest BCUT2D eigenvalue weighted by molar-refractivity contribution is 7.92. The topological polar surface area (TPSA) is 86.8 Å². The van der Waals surface area contributed by atoms with Crippen molar-refractivity contribution in [3.63, 3.8) is 0 Å². The molecule has 0 saturated carbocycles. The van der Waals surface area contributed by atoms with Crippen molar-refractivity contribution >= 4 is 73.9 Å². The molecule has 0 aromatic heterocycles. The van der Waals surface area contributed by atoms with Crippen LogP contribution in [-0.2, 0) is 26.2 Å². The summed E-state index contributed by atoms with van der Waals surface area (Å²) < 4.78 is 26.3. The number of hydrogen-bond donors (Lipinski definition) is 1. The summed E-state index contributed by atoms with van der Waals surface area (Å²) >= 11 is 24.7. The Morgan fingerprint density at radius 1 is 0.944 bits per heavy atom. The minimum absolute atomic E-state index is 0.00170. The second kappa shape index (κ2) is 13.2. The van der Waals surface area contributed by atoms with Gasteiger partial charge in [-0.05, 0) is 43.5 Å². The van der Waals surface area contributed by atoms with Gasteiger partial charge in [0.25, 0.3) is 0 Å². The Hall–Kier alpha value is -1.71. The molecule has 1 N–H and O–H groups in total. The fourth-order valence-corrected chi connectivity index (χ4v) is 5.21. The van der Waals surface area contributed by atoms with Crippen molar-refractivity contribution in [2.75, 3.05) is 17.1 Å². The maximum atomic E-state index is 13.7. The molecule has 0 bridgehead atoms. The lowest BCUT2D eigenvalue weighted by Crippen LogP contribution is -2.53. The minimum Gasteiger partial charge on any atom is -0.352 e. The van der Waals surface area contributed by atoms with Crippen LogP contribution in [0.3, 0.4) is 0 Å². The third-order valence-electron chi connectivity index (χ3n) is 5.62. The largest absolute Gasteiger partial charge is 0.352 e. The third-order valence-corrected chi connectivity index (χ3v) is 8.14. The zero-order chi connectivity index (χ0) is 27.2. The normalized spacial score (nSPS) is 13.1. The summed E-state index contributed by atoms with van der Waals surface area (Å²) in [6, 6.07) is 8.56. The summed E-state index contributed by atoms with van der Waals surface area (Å²) in [6.45, 7) is 4.95. The number of carbonyl (C=O) groups excluding carboxylic acids is 2. The molecule has 0 saturated heterocycles. The van der Waals surface area contributed by atoms with Crippen molar-refractivity contribution in [2.24, 2.45) is 0 Å². The highest BCUT2D eigenvalue weighted by Crippen LogP contribution is 2.35. The molecule has 7 nitrogen and oxygen atoms in total. The number of carbonyl (C=O) groups is 2. The predicted molar refractivity (Wildman–Crippen MR) is 148 cm³/mol. The third kappa shape index (κ3) is 7.89. The summed E-state index contributed by atoms with van der Waals surface area (Å²) in [6.07, 6.45) is 1.95. The van der Waals surface area contributed by atoms with Crippen LogP contribution in [0.25, 0.3) is 0 Å². The summed E-state index contributed by atoms with van der Waals surface area (Å²) in [7, 11) is -3.98. The number of anilines is 1. The molecule has 2 amide bonds. The highest BCUT2D eigenvalue weighted by atomic mass is 35.5. The van der Waals surface area contributed by atoms with E-state index in [9.17, 15) is 18.0 Å². The molecule has 0 spiro atoms. The second-order valence-corrected chi connectivity index (χ2v) is 11.9. The summed E-state index contributed by atoms with van der Waals surface area (Å²) in [5, 5.41) is 3.53. The van der Waals surface area contributed by atoms with Gasteiger partial charge in [0.1, 0.15) is 12.6 Å². The van der Waals surface area contributed by atoms with Crippen molar-refractivity contribution in [3.05, 3.63) is 62.1 Å². The maximum absolute atomic E-state index is 13.7. The van der Waals surface area contributed by atoms with Gasteiger partial charge in [-0.3, -0.25) is 13.9 Å². The Labute approximate surface area is 232 Å². The van der Waals surface area contributed by atoms with Crippen LogP contribution in [-0.4, -0.2) is 50.0 Å². The first-order valence-electron chi connectivity index (χ1n) is 11.3. The van der Waals surface area contributed by atoms with Crippen LogP contribution in [0.4, 0.5) is 5.69 Å². The van der Waals surface area contributed by atoms with Crippen molar-refractivity contribution < 1.29 is 18.0 Å². The molecule has 0 heterocycles. The molecule has 0 fully saturated rings. The van der Waals surface area contributed by atoms with Gasteiger partial charge >= 0.3 is 0 Å². The number of nitrogens with one attached hydrogen (secondary N) is 1. The molecule has 2 aromatic rings. The average molecular weight is 597 g/mol. The Morgan fingerprint density at radius 2 is 1.56 bits per heavy atom. The molecule has 0 aliphatic heterocycles. The number of benzene rings is 2. The second-order valence-electron chi connectivity index (χ2n) is 8.34. The smallest absolute Gasteiger partial charge is 0.244 e. The highest BCUT2D eigenvalue weighted by Gasteiger charge is 2.33. The van der Waals surface area contributed by atoms with Crippen LogP contribution in [0, 0.1) is 0 Å². The molecular weight excluding hydrogens is 568 g/mol. The quantitative estimate of drug-likeness (QED) is 0.333. The van der Waals surface area contributed by atoms with Gasteiger partial charge in [0.2, 0.25) is 21.8 Å². The molecule has 0 radical (unpaired) electrons. The number of sulfonamides is 1. The molecule has 2 rings (SSSR count). The minimum atomic E-state index is -3.98. The number of nitrogens with zero attached hydrogens (tertiary/aromatic N) is 2. The lowest BCUT2D eigenvalue weighted by molar-refractivity contribution is -0.140. The van der Waals surface area contributed by atoms with Crippen molar-refractivity contribution in [1.82, 2.24) is 10.2 Å². The first kappa shape index (κ1) is 30.5. The first-order chi connectivity index (χ1) is 16.8. The van der Waals surface area contributed by atoms with Gasteiger partial charge in [0.05, 0.1) is 27.0 Å². The Kier molecular flexibility index (Phi) is 11.2. The zero-order valence-corrected chi connectivity index (χ0v) is 24.2. The van der Waals surface area contributed by atoms with E-state index >= 15 is 0 Å². The van der Waals surface area contributed by atoms with Gasteiger partial charge in [-0.1, -0.05) is 78.5 Å². The lowest BCUT2D eigenvalue weighted by atomic mass is 10.1.